The first-order valence-corrected chi connectivity index (χ1v) is 9.12. The number of rotatable bonds is 2. The van der Waals surface area contributed by atoms with E-state index in [0.29, 0.717) is 0 Å². The van der Waals surface area contributed by atoms with E-state index >= 15 is 0 Å². The lowest BCUT2D eigenvalue weighted by Crippen LogP contribution is -2.63. The quantitative estimate of drug-likeness (QED) is 0.789. The van der Waals surface area contributed by atoms with Gasteiger partial charge >= 0.3 is 8.56 Å². The Bertz CT molecular complexity index is 478. The lowest BCUT2D eigenvalue weighted by Gasteiger charge is -2.33. The molecule has 0 spiro atoms. The van der Waals surface area contributed by atoms with Crippen LogP contribution in [0.2, 0.25) is 0 Å². The Morgan fingerprint density at radius 1 is 0.600 bits per heavy atom. The van der Waals surface area contributed by atoms with Crippen molar-refractivity contribution in [3.63, 3.8) is 0 Å². The predicted octanol–water partition coefficient (Wildman–Crippen LogP) is 2.46. The second-order valence-electron chi connectivity index (χ2n) is 5.11. The molecule has 0 radical (unpaired) electrons. The molecule has 1 heterocycles. The molecule has 1 fully saturated rings. The molecule has 0 bridgehead atoms. The fourth-order valence-electron chi connectivity index (χ4n) is 2.67. The third kappa shape index (κ3) is 2.70. The highest BCUT2D eigenvalue weighted by atomic mass is 28.4. The van der Waals surface area contributed by atoms with Crippen molar-refractivity contribution in [3.05, 3.63) is 60.7 Å². The van der Waals surface area contributed by atoms with E-state index in [9.17, 15) is 0 Å². The van der Waals surface area contributed by atoms with E-state index in [-0.39, 0.29) is 0 Å². The minimum Gasteiger partial charge on any atom is -0.388 e. The largest absolute Gasteiger partial charge is 0.407 e. The van der Waals surface area contributed by atoms with E-state index in [2.05, 4.69) is 48.5 Å². The van der Waals surface area contributed by atoms with Gasteiger partial charge in [0.15, 0.2) is 0 Å². The van der Waals surface area contributed by atoms with Gasteiger partial charge in [0.1, 0.15) is 0 Å². The van der Waals surface area contributed by atoms with Crippen molar-refractivity contribution in [1.29, 1.82) is 0 Å². The van der Waals surface area contributed by atoms with Gasteiger partial charge in [-0.3, -0.25) is 0 Å². The summed E-state index contributed by atoms with van der Waals surface area (Å²) in [5.74, 6) is 0. The third-order valence-electron chi connectivity index (χ3n) is 3.71. The summed E-state index contributed by atoms with van der Waals surface area (Å²) in [5.41, 5.74) is 0. The fourth-order valence-corrected chi connectivity index (χ4v) is 5.88. The van der Waals surface area contributed by atoms with Crippen molar-refractivity contribution in [2.75, 3.05) is 13.2 Å². The van der Waals surface area contributed by atoms with Gasteiger partial charge in [0, 0.05) is 13.2 Å². The fraction of sp³-hybridized carbons (Fsp3) is 0.294. The maximum absolute atomic E-state index is 6.36. The Hall–Kier alpha value is -1.42. The van der Waals surface area contributed by atoms with Crippen LogP contribution in [0.1, 0.15) is 19.3 Å². The van der Waals surface area contributed by atoms with Gasteiger partial charge in [0.05, 0.1) is 0 Å². The standard InChI is InChI=1S/C17H20O2Si/c1-4-10-16(11-5-1)20(17-12-6-2-7-13-17)18-14-8-3-9-15-19-20/h1-2,4-7,10-13H,3,8-9,14-15H2. The number of hydrogen-bond donors (Lipinski definition) is 0. The third-order valence-corrected chi connectivity index (χ3v) is 7.12. The summed E-state index contributed by atoms with van der Waals surface area (Å²) in [7, 11) is -2.52. The molecule has 1 aliphatic heterocycles. The van der Waals surface area contributed by atoms with Gasteiger partial charge in [-0.15, -0.1) is 0 Å². The average Bonchev–Trinajstić information content (AvgIpc) is 2.49. The minimum atomic E-state index is -2.52. The van der Waals surface area contributed by atoms with E-state index < -0.39 is 8.56 Å². The second kappa shape index (κ2) is 6.35. The Kier molecular flexibility index (Phi) is 4.30. The molecule has 2 aromatic carbocycles. The van der Waals surface area contributed by atoms with E-state index in [0.717, 1.165) is 26.1 Å². The molecule has 3 rings (SSSR count). The molecule has 3 heteroatoms. The molecular formula is C17H20O2Si. The van der Waals surface area contributed by atoms with Crippen LogP contribution in [0.3, 0.4) is 0 Å². The van der Waals surface area contributed by atoms with Crippen LogP contribution in [0, 0.1) is 0 Å². The average molecular weight is 284 g/mol. The molecule has 1 aliphatic rings. The highest BCUT2D eigenvalue weighted by Crippen LogP contribution is 2.15. The van der Waals surface area contributed by atoms with Crippen LogP contribution in [-0.2, 0) is 8.85 Å². The molecule has 1 saturated heterocycles. The Labute approximate surface area is 121 Å². The lowest BCUT2D eigenvalue weighted by atomic mass is 10.2. The molecule has 0 N–H and O–H groups in total. The Morgan fingerprint density at radius 2 is 1.05 bits per heavy atom. The first-order valence-electron chi connectivity index (χ1n) is 7.31. The van der Waals surface area contributed by atoms with Gasteiger partial charge in [-0.1, -0.05) is 60.7 Å². The maximum Gasteiger partial charge on any atom is 0.407 e. The summed E-state index contributed by atoms with van der Waals surface area (Å²) in [6.07, 6.45) is 3.43. The van der Waals surface area contributed by atoms with Crippen LogP contribution in [-0.4, -0.2) is 21.8 Å². The Balaban J connectivity index is 2.06. The van der Waals surface area contributed by atoms with Crippen LogP contribution in [0.5, 0.6) is 0 Å². The summed E-state index contributed by atoms with van der Waals surface area (Å²) in [6, 6.07) is 20.9. The van der Waals surface area contributed by atoms with Crippen molar-refractivity contribution in [2.24, 2.45) is 0 Å². The second-order valence-corrected chi connectivity index (χ2v) is 8.07. The van der Waals surface area contributed by atoms with E-state index in [4.69, 9.17) is 8.85 Å². The lowest BCUT2D eigenvalue weighted by molar-refractivity contribution is 0.165. The number of hydrogen-bond acceptors (Lipinski definition) is 2. The van der Waals surface area contributed by atoms with Crippen molar-refractivity contribution in [2.45, 2.75) is 19.3 Å². The molecule has 2 nitrogen and oxygen atoms in total. The molecular weight excluding hydrogens is 264 g/mol. The normalized spacial score (nSPS) is 19.0. The molecule has 2 aromatic rings. The summed E-state index contributed by atoms with van der Waals surface area (Å²) >= 11 is 0. The zero-order valence-electron chi connectivity index (χ0n) is 11.6. The van der Waals surface area contributed by atoms with Gasteiger partial charge in [0.25, 0.3) is 0 Å². The van der Waals surface area contributed by atoms with Crippen molar-refractivity contribution in [1.82, 2.24) is 0 Å². The predicted molar refractivity (Wildman–Crippen MR) is 83.7 cm³/mol. The molecule has 20 heavy (non-hydrogen) atoms. The van der Waals surface area contributed by atoms with Gasteiger partial charge in [0.2, 0.25) is 0 Å². The van der Waals surface area contributed by atoms with Crippen LogP contribution in [0.25, 0.3) is 0 Å². The van der Waals surface area contributed by atoms with Crippen molar-refractivity contribution < 1.29 is 8.85 Å². The van der Waals surface area contributed by atoms with Gasteiger partial charge in [-0.25, -0.2) is 0 Å². The monoisotopic (exact) mass is 284 g/mol. The van der Waals surface area contributed by atoms with Gasteiger partial charge < -0.3 is 8.85 Å². The highest BCUT2D eigenvalue weighted by molar-refractivity contribution is 6.92. The van der Waals surface area contributed by atoms with Crippen LogP contribution in [0.15, 0.2) is 60.7 Å². The molecule has 0 atom stereocenters. The molecule has 104 valence electrons. The first-order chi connectivity index (χ1) is 9.92. The summed E-state index contributed by atoms with van der Waals surface area (Å²) in [5, 5.41) is 2.40. The molecule has 0 aromatic heterocycles. The highest BCUT2D eigenvalue weighted by Gasteiger charge is 2.42. The molecule has 0 unspecified atom stereocenters. The van der Waals surface area contributed by atoms with Gasteiger partial charge in [-0.05, 0) is 29.6 Å². The van der Waals surface area contributed by atoms with Gasteiger partial charge in [-0.2, -0.15) is 0 Å². The zero-order chi connectivity index (χ0) is 13.7. The SMILES string of the molecule is c1ccc([Si]2(c3ccccc3)OCCCCCO2)cc1. The molecule has 0 saturated carbocycles. The zero-order valence-corrected chi connectivity index (χ0v) is 12.6. The Morgan fingerprint density at radius 3 is 1.50 bits per heavy atom. The van der Waals surface area contributed by atoms with E-state index in [1.165, 1.54) is 16.8 Å². The van der Waals surface area contributed by atoms with Crippen molar-refractivity contribution >= 4 is 18.9 Å². The summed E-state index contributed by atoms with van der Waals surface area (Å²) < 4.78 is 12.7. The van der Waals surface area contributed by atoms with E-state index in [1.807, 2.05) is 12.1 Å². The topological polar surface area (TPSA) is 18.5 Å². The minimum absolute atomic E-state index is 0.788. The summed E-state index contributed by atoms with van der Waals surface area (Å²) in [4.78, 5) is 0. The van der Waals surface area contributed by atoms with E-state index in [1.54, 1.807) is 0 Å². The molecule has 0 aliphatic carbocycles. The van der Waals surface area contributed by atoms with Crippen LogP contribution in [0.4, 0.5) is 0 Å². The van der Waals surface area contributed by atoms with Crippen LogP contribution < -0.4 is 10.4 Å². The first kappa shape index (κ1) is 13.6. The maximum atomic E-state index is 6.36. The summed E-state index contributed by atoms with van der Waals surface area (Å²) in [6.45, 7) is 1.58. The number of benzene rings is 2. The smallest absolute Gasteiger partial charge is 0.388 e. The van der Waals surface area contributed by atoms with Crippen LogP contribution >= 0.6 is 0 Å². The molecule has 0 amide bonds. The van der Waals surface area contributed by atoms with Crippen molar-refractivity contribution in [3.8, 4) is 0 Å².